The molecule has 8 heteroatoms. The first kappa shape index (κ1) is 19.5. The molecule has 2 heterocycles. The number of ketones is 1. The van der Waals surface area contributed by atoms with Gasteiger partial charge in [-0.1, -0.05) is 6.07 Å². The standard InChI is InChI=1S/C23H25N5O3/c29-22(13-1-2-13)19-12-24-20-8-3-14(15-10-25-26-11-15)9-18(20)21(19)27-16-4-6-17(7-5-16)28-23(30)31/h3,8-13,16-17,28H,1-2,4-7H2,(H,24,27)(H,25,26)(H,30,31)/t16-,17-. The highest BCUT2D eigenvalue weighted by Crippen LogP contribution is 2.38. The molecule has 3 aromatic rings. The minimum atomic E-state index is -0.972. The van der Waals surface area contributed by atoms with Gasteiger partial charge >= 0.3 is 6.09 Å². The Morgan fingerprint density at radius 1 is 1.00 bits per heavy atom. The lowest BCUT2D eigenvalue weighted by Crippen LogP contribution is -2.39. The summed E-state index contributed by atoms with van der Waals surface area (Å²) in [5, 5.41) is 23.0. The van der Waals surface area contributed by atoms with Crippen LogP contribution < -0.4 is 10.6 Å². The van der Waals surface area contributed by atoms with Crippen LogP contribution >= 0.6 is 0 Å². The highest BCUT2D eigenvalue weighted by Gasteiger charge is 2.33. The van der Waals surface area contributed by atoms with Crippen LogP contribution in [0.25, 0.3) is 22.0 Å². The number of hydrogen-bond acceptors (Lipinski definition) is 5. The van der Waals surface area contributed by atoms with Gasteiger partial charge in [-0.2, -0.15) is 5.10 Å². The molecule has 8 nitrogen and oxygen atoms in total. The first-order valence-corrected chi connectivity index (χ1v) is 10.8. The second-order valence-corrected chi connectivity index (χ2v) is 8.55. The molecule has 2 aromatic heterocycles. The van der Waals surface area contributed by atoms with E-state index in [2.05, 4.69) is 31.9 Å². The van der Waals surface area contributed by atoms with Gasteiger partial charge in [0.1, 0.15) is 0 Å². The van der Waals surface area contributed by atoms with Gasteiger partial charge in [-0.15, -0.1) is 0 Å². The van der Waals surface area contributed by atoms with E-state index in [1.54, 1.807) is 12.4 Å². The van der Waals surface area contributed by atoms with Crippen LogP contribution in [-0.2, 0) is 0 Å². The van der Waals surface area contributed by atoms with Crippen molar-refractivity contribution < 1.29 is 14.7 Å². The number of amides is 1. The van der Waals surface area contributed by atoms with Crippen LogP contribution in [0.3, 0.4) is 0 Å². The number of aromatic nitrogens is 3. The fourth-order valence-electron chi connectivity index (χ4n) is 4.45. The zero-order valence-electron chi connectivity index (χ0n) is 17.1. The van der Waals surface area contributed by atoms with Crippen molar-refractivity contribution in [1.29, 1.82) is 0 Å². The van der Waals surface area contributed by atoms with E-state index in [4.69, 9.17) is 5.11 Å². The van der Waals surface area contributed by atoms with Gasteiger partial charge in [0.05, 0.1) is 23.0 Å². The van der Waals surface area contributed by atoms with Crippen LogP contribution in [0.1, 0.15) is 48.9 Å². The number of carboxylic acid groups (broad SMARTS) is 1. The van der Waals surface area contributed by atoms with Gasteiger partial charge in [0.25, 0.3) is 0 Å². The number of Topliss-reactive ketones (excluding diaryl/α,β-unsaturated/α-hetero) is 1. The summed E-state index contributed by atoms with van der Waals surface area (Å²) >= 11 is 0. The Balaban J connectivity index is 1.49. The van der Waals surface area contributed by atoms with Crippen LogP contribution in [0.5, 0.6) is 0 Å². The van der Waals surface area contributed by atoms with Crippen molar-refractivity contribution in [3.63, 3.8) is 0 Å². The topological polar surface area (TPSA) is 120 Å². The van der Waals surface area contributed by atoms with E-state index in [-0.39, 0.29) is 23.8 Å². The lowest BCUT2D eigenvalue weighted by Gasteiger charge is -2.30. The van der Waals surface area contributed by atoms with Crippen molar-refractivity contribution in [3.05, 3.63) is 42.4 Å². The summed E-state index contributed by atoms with van der Waals surface area (Å²) in [6.45, 7) is 0. The van der Waals surface area contributed by atoms with Crippen LogP contribution in [0.15, 0.2) is 36.8 Å². The maximum Gasteiger partial charge on any atom is 0.404 e. The molecule has 2 aliphatic rings. The Morgan fingerprint density at radius 3 is 2.45 bits per heavy atom. The third-order valence-corrected chi connectivity index (χ3v) is 6.32. The molecule has 0 atom stereocenters. The van der Waals surface area contributed by atoms with Gasteiger partial charge in [0.15, 0.2) is 5.78 Å². The van der Waals surface area contributed by atoms with Gasteiger partial charge in [0.2, 0.25) is 0 Å². The lowest BCUT2D eigenvalue weighted by atomic mass is 9.90. The molecule has 0 unspecified atom stereocenters. The normalized spacial score (nSPS) is 21.0. The fourth-order valence-corrected chi connectivity index (χ4v) is 4.45. The predicted octanol–water partition coefficient (Wildman–Crippen LogP) is 4.21. The Hall–Kier alpha value is -3.42. The molecule has 2 fully saturated rings. The van der Waals surface area contributed by atoms with E-state index < -0.39 is 6.09 Å². The molecule has 160 valence electrons. The molecule has 4 N–H and O–H groups in total. The highest BCUT2D eigenvalue weighted by atomic mass is 16.4. The molecule has 2 saturated carbocycles. The molecule has 0 saturated heterocycles. The number of nitrogens with one attached hydrogen (secondary N) is 3. The Bertz CT molecular complexity index is 1120. The van der Waals surface area contributed by atoms with Gasteiger partial charge in [-0.25, -0.2) is 4.79 Å². The van der Waals surface area contributed by atoms with E-state index in [9.17, 15) is 9.59 Å². The maximum absolute atomic E-state index is 13.0. The van der Waals surface area contributed by atoms with Crippen LogP contribution in [0.2, 0.25) is 0 Å². The van der Waals surface area contributed by atoms with Crippen LogP contribution in [0.4, 0.5) is 10.5 Å². The largest absolute Gasteiger partial charge is 0.465 e. The zero-order chi connectivity index (χ0) is 21.4. The second kappa shape index (κ2) is 8.02. The van der Waals surface area contributed by atoms with E-state index in [0.717, 1.165) is 66.2 Å². The van der Waals surface area contributed by atoms with Gasteiger partial charge in [-0.05, 0) is 56.2 Å². The van der Waals surface area contributed by atoms with E-state index >= 15 is 0 Å². The van der Waals surface area contributed by atoms with E-state index in [1.165, 1.54) is 0 Å². The number of anilines is 1. The fraction of sp³-hybridized carbons (Fsp3) is 0.391. The number of aromatic amines is 1. The minimum absolute atomic E-state index is 0.00926. The Kier molecular flexibility index (Phi) is 5.05. The summed E-state index contributed by atoms with van der Waals surface area (Å²) in [7, 11) is 0. The lowest BCUT2D eigenvalue weighted by molar-refractivity contribution is 0.0968. The van der Waals surface area contributed by atoms with E-state index in [1.807, 2.05) is 18.3 Å². The molecule has 0 aliphatic heterocycles. The number of hydrogen-bond donors (Lipinski definition) is 4. The second-order valence-electron chi connectivity index (χ2n) is 8.55. The Morgan fingerprint density at radius 2 is 1.77 bits per heavy atom. The van der Waals surface area contributed by atoms with Gasteiger partial charge in [-0.3, -0.25) is 14.9 Å². The molecule has 1 aromatic carbocycles. The maximum atomic E-state index is 13.0. The van der Waals surface area contributed by atoms with Crippen LogP contribution in [-0.4, -0.2) is 44.2 Å². The average molecular weight is 419 g/mol. The summed E-state index contributed by atoms with van der Waals surface area (Å²) < 4.78 is 0. The summed E-state index contributed by atoms with van der Waals surface area (Å²) in [5.74, 6) is 0.263. The number of nitrogens with zero attached hydrogens (tertiary/aromatic N) is 2. The molecular formula is C23H25N5O3. The van der Waals surface area contributed by atoms with Crippen LogP contribution in [0, 0.1) is 5.92 Å². The number of benzene rings is 1. The SMILES string of the molecule is O=C(O)N[C@H]1CC[C@H](Nc2c(C(=O)C3CC3)cnc3ccc(-c4cn[nH]c4)cc23)CC1. The zero-order valence-corrected chi connectivity index (χ0v) is 17.1. The molecule has 1 amide bonds. The summed E-state index contributed by atoms with van der Waals surface area (Å²) in [5.41, 5.74) is 4.33. The number of carbonyl (C=O) groups excluding carboxylic acids is 1. The van der Waals surface area contributed by atoms with Crippen molar-refractivity contribution in [2.45, 2.75) is 50.6 Å². The van der Waals surface area contributed by atoms with Gasteiger partial charge < -0.3 is 15.7 Å². The number of fused-ring (bicyclic) bond motifs is 1. The van der Waals surface area contributed by atoms with Crippen molar-refractivity contribution in [3.8, 4) is 11.1 Å². The third-order valence-electron chi connectivity index (χ3n) is 6.32. The van der Waals surface area contributed by atoms with Crippen molar-refractivity contribution in [2.75, 3.05) is 5.32 Å². The van der Waals surface area contributed by atoms with Crippen molar-refractivity contribution in [1.82, 2.24) is 20.5 Å². The first-order valence-electron chi connectivity index (χ1n) is 10.8. The molecule has 31 heavy (non-hydrogen) atoms. The molecule has 2 aliphatic carbocycles. The smallest absolute Gasteiger partial charge is 0.404 e. The number of pyridine rings is 1. The third kappa shape index (κ3) is 4.10. The molecule has 0 radical (unpaired) electrons. The molecule has 5 rings (SSSR count). The number of H-pyrrole nitrogens is 1. The highest BCUT2D eigenvalue weighted by molar-refractivity contribution is 6.10. The average Bonchev–Trinajstić information content (AvgIpc) is 3.48. The summed E-state index contributed by atoms with van der Waals surface area (Å²) in [6.07, 6.45) is 9.48. The minimum Gasteiger partial charge on any atom is -0.465 e. The van der Waals surface area contributed by atoms with E-state index in [0.29, 0.717) is 5.56 Å². The summed E-state index contributed by atoms with van der Waals surface area (Å²) in [6, 6.07) is 6.22. The predicted molar refractivity (Wildman–Crippen MR) is 117 cm³/mol. The molecular weight excluding hydrogens is 394 g/mol. The first-order chi connectivity index (χ1) is 15.1. The quantitative estimate of drug-likeness (QED) is 0.444. The Labute approximate surface area is 179 Å². The monoisotopic (exact) mass is 419 g/mol. The number of carbonyl (C=O) groups is 2. The summed E-state index contributed by atoms with van der Waals surface area (Å²) in [4.78, 5) is 28.5. The van der Waals surface area contributed by atoms with Crippen molar-refractivity contribution >= 4 is 28.5 Å². The van der Waals surface area contributed by atoms with Gasteiger partial charge in [0, 0.05) is 41.3 Å². The number of rotatable bonds is 6. The van der Waals surface area contributed by atoms with Crippen molar-refractivity contribution in [2.24, 2.45) is 5.92 Å². The molecule has 0 bridgehead atoms. The molecule has 0 spiro atoms.